The quantitative estimate of drug-likeness (QED) is 0.801. The Bertz CT molecular complexity index is 571. The van der Waals surface area contributed by atoms with E-state index in [0.29, 0.717) is 11.7 Å². The van der Waals surface area contributed by atoms with Gasteiger partial charge in [-0.05, 0) is 41.0 Å². The monoisotopic (exact) mass is 383 g/mol. The largest absolute Gasteiger partial charge is 0.369 e. The van der Waals surface area contributed by atoms with E-state index in [1.807, 2.05) is 6.07 Å². The maximum atomic E-state index is 4.66. The van der Waals surface area contributed by atoms with Crippen LogP contribution in [0.15, 0.2) is 18.6 Å². The van der Waals surface area contributed by atoms with E-state index in [4.69, 9.17) is 0 Å². The highest BCUT2D eigenvalue weighted by Gasteiger charge is 2.16. The molecule has 6 heteroatoms. The van der Waals surface area contributed by atoms with Gasteiger partial charge in [0.15, 0.2) is 5.82 Å². The molecule has 0 fully saturated rings. The van der Waals surface area contributed by atoms with Gasteiger partial charge >= 0.3 is 0 Å². The van der Waals surface area contributed by atoms with Gasteiger partial charge < -0.3 is 5.32 Å². The molecule has 20 heavy (non-hydrogen) atoms. The Hall–Kier alpha value is -1.31. The van der Waals surface area contributed by atoms with Crippen molar-refractivity contribution in [3.63, 3.8) is 0 Å². The molecule has 1 N–H and O–H groups in total. The molecule has 0 saturated heterocycles. The fourth-order valence-electron chi connectivity index (χ4n) is 1.75. The van der Waals surface area contributed by atoms with Gasteiger partial charge in [-0.3, -0.25) is 0 Å². The average molecular weight is 383 g/mol. The Kier molecular flexibility index (Phi) is 5.22. The number of hydrogen-bond acceptors (Lipinski definition) is 5. The van der Waals surface area contributed by atoms with Gasteiger partial charge in [-0.15, -0.1) is 0 Å². The lowest BCUT2D eigenvalue weighted by Crippen LogP contribution is -2.10. The molecular formula is C14H18IN5. The van der Waals surface area contributed by atoms with Crippen molar-refractivity contribution in [2.24, 2.45) is 0 Å². The summed E-state index contributed by atoms with van der Waals surface area (Å²) in [5.74, 6) is 1.88. The molecular weight excluding hydrogens is 365 g/mol. The minimum atomic E-state index is 0.340. The zero-order valence-corrected chi connectivity index (χ0v) is 14.0. The third-order valence-corrected chi connectivity index (χ3v) is 3.84. The molecule has 0 unspecified atom stereocenters. The summed E-state index contributed by atoms with van der Waals surface area (Å²) in [6.45, 7) is 7.30. The van der Waals surface area contributed by atoms with Gasteiger partial charge in [0.2, 0.25) is 0 Å². The van der Waals surface area contributed by atoms with Crippen LogP contribution in [-0.4, -0.2) is 26.5 Å². The molecule has 0 amide bonds. The number of anilines is 1. The molecule has 2 rings (SSSR count). The Morgan fingerprint density at radius 3 is 2.70 bits per heavy atom. The summed E-state index contributed by atoms with van der Waals surface area (Å²) in [5.41, 5.74) is 1.80. The molecule has 0 saturated carbocycles. The zero-order valence-electron chi connectivity index (χ0n) is 11.9. The van der Waals surface area contributed by atoms with Gasteiger partial charge in [0, 0.05) is 12.7 Å². The van der Waals surface area contributed by atoms with Gasteiger partial charge in [-0.25, -0.2) is 19.9 Å². The number of nitrogens with one attached hydrogen (secondary N) is 1. The summed E-state index contributed by atoms with van der Waals surface area (Å²) in [6.07, 6.45) is 4.28. The van der Waals surface area contributed by atoms with Crippen molar-refractivity contribution in [1.82, 2.24) is 19.9 Å². The third-order valence-electron chi connectivity index (χ3n) is 2.78. The first-order valence-electron chi connectivity index (χ1n) is 6.71. The molecule has 0 aromatic carbocycles. The van der Waals surface area contributed by atoms with Crippen molar-refractivity contribution in [3.05, 3.63) is 27.9 Å². The van der Waals surface area contributed by atoms with Gasteiger partial charge in [-0.1, -0.05) is 20.8 Å². The van der Waals surface area contributed by atoms with Crippen molar-refractivity contribution in [3.8, 4) is 11.5 Å². The molecule has 0 aliphatic rings. The van der Waals surface area contributed by atoms with Crippen molar-refractivity contribution in [2.75, 3.05) is 11.9 Å². The number of hydrogen-bond donors (Lipinski definition) is 1. The van der Waals surface area contributed by atoms with Crippen LogP contribution in [0.4, 0.5) is 5.82 Å². The van der Waals surface area contributed by atoms with Crippen LogP contribution in [0.1, 0.15) is 38.8 Å². The fraction of sp³-hybridized carbons (Fsp3) is 0.429. The van der Waals surface area contributed by atoms with Gasteiger partial charge in [-0.2, -0.15) is 0 Å². The van der Waals surface area contributed by atoms with E-state index in [1.54, 1.807) is 6.20 Å². The van der Waals surface area contributed by atoms with E-state index < -0.39 is 0 Å². The van der Waals surface area contributed by atoms with Crippen LogP contribution in [0.2, 0.25) is 0 Å². The molecule has 5 nitrogen and oxygen atoms in total. The van der Waals surface area contributed by atoms with Crippen LogP contribution in [0.25, 0.3) is 11.5 Å². The molecule has 0 aliphatic carbocycles. The minimum Gasteiger partial charge on any atom is -0.369 e. The molecule has 2 heterocycles. The summed E-state index contributed by atoms with van der Waals surface area (Å²) in [6, 6.07) is 1.83. The molecule has 0 radical (unpaired) electrons. The van der Waals surface area contributed by atoms with E-state index in [1.165, 1.54) is 6.33 Å². The van der Waals surface area contributed by atoms with Crippen molar-refractivity contribution in [2.45, 2.75) is 33.1 Å². The molecule has 0 spiro atoms. The van der Waals surface area contributed by atoms with Crippen LogP contribution in [0.3, 0.4) is 0 Å². The van der Waals surface area contributed by atoms with E-state index in [9.17, 15) is 0 Å². The summed E-state index contributed by atoms with van der Waals surface area (Å²) in [4.78, 5) is 17.4. The first-order chi connectivity index (χ1) is 9.63. The van der Waals surface area contributed by atoms with Crippen LogP contribution in [-0.2, 0) is 0 Å². The van der Waals surface area contributed by atoms with E-state index >= 15 is 0 Å². The highest BCUT2D eigenvalue weighted by Crippen LogP contribution is 2.27. The van der Waals surface area contributed by atoms with Crippen molar-refractivity contribution in [1.29, 1.82) is 0 Å². The average Bonchev–Trinajstić information content (AvgIpc) is 2.46. The van der Waals surface area contributed by atoms with E-state index in [2.05, 4.69) is 68.6 Å². The fourth-order valence-corrected chi connectivity index (χ4v) is 2.80. The summed E-state index contributed by atoms with van der Waals surface area (Å²) >= 11 is 2.31. The Morgan fingerprint density at radius 1 is 1.30 bits per heavy atom. The number of nitrogens with zero attached hydrogens (tertiary/aromatic N) is 4. The second-order valence-electron chi connectivity index (χ2n) is 4.77. The predicted molar refractivity (Wildman–Crippen MR) is 88.6 cm³/mol. The Morgan fingerprint density at radius 2 is 2.10 bits per heavy atom. The van der Waals surface area contributed by atoms with Gasteiger partial charge in [0.25, 0.3) is 0 Å². The molecule has 0 aliphatic heterocycles. The number of rotatable bonds is 5. The first kappa shape index (κ1) is 15.1. The van der Waals surface area contributed by atoms with Gasteiger partial charge in [0.1, 0.15) is 17.8 Å². The smallest absolute Gasteiger partial charge is 0.180 e. The second kappa shape index (κ2) is 6.92. The van der Waals surface area contributed by atoms with Crippen LogP contribution < -0.4 is 5.32 Å². The summed E-state index contributed by atoms with van der Waals surface area (Å²) < 4.78 is 1.09. The highest BCUT2D eigenvalue weighted by atomic mass is 127. The summed E-state index contributed by atoms with van der Waals surface area (Å²) in [7, 11) is 0. The molecule has 2 aromatic rings. The third kappa shape index (κ3) is 3.41. The predicted octanol–water partition coefficient (Wildman–Crippen LogP) is 3.48. The standard InChI is InChI=1S/C14H18IN5/c1-4-6-17-14-11(15)12(9(2)3)19-13(20-14)10-5-7-16-8-18-10/h5,7-9H,4,6H2,1-3H3,(H,17,19,20). The normalized spacial score (nSPS) is 10.8. The van der Waals surface area contributed by atoms with E-state index in [-0.39, 0.29) is 0 Å². The first-order valence-corrected chi connectivity index (χ1v) is 7.79. The molecule has 2 aromatic heterocycles. The lowest BCUT2D eigenvalue weighted by Gasteiger charge is -2.14. The maximum Gasteiger partial charge on any atom is 0.180 e. The van der Waals surface area contributed by atoms with Crippen LogP contribution in [0, 0.1) is 3.57 Å². The van der Waals surface area contributed by atoms with Crippen LogP contribution in [0.5, 0.6) is 0 Å². The zero-order chi connectivity index (χ0) is 14.5. The van der Waals surface area contributed by atoms with Crippen molar-refractivity contribution < 1.29 is 0 Å². The maximum absolute atomic E-state index is 4.66. The molecule has 0 bridgehead atoms. The molecule has 106 valence electrons. The number of halogens is 1. The number of aromatic nitrogens is 4. The van der Waals surface area contributed by atoms with E-state index in [0.717, 1.165) is 33.7 Å². The van der Waals surface area contributed by atoms with Crippen molar-refractivity contribution >= 4 is 28.4 Å². The minimum absolute atomic E-state index is 0.340. The second-order valence-corrected chi connectivity index (χ2v) is 5.85. The lowest BCUT2D eigenvalue weighted by atomic mass is 10.1. The highest BCUT2D eigenvalue weighted by molar-refractivity contribution is 14.1. The Labute approximate surface area is 132 Å². The van der Waals surface area contributed by atoms with Gasteiger partial charge in [0.05, 0.1) is 9.26 Å². The summed E-state index contributed by atoms with van der Waals surface area (Å²) in [5, 5.41) is 3.37. The van der Waals surface area contributed by atoms with Crippen LogP contribution >= 0.6 is 22.6 Å². The molecule has 0 atom stereocenters. The topological polar surface area (TPSA) is 63.6 Å². The Balaban J connectivity index is 2.50. The SMILES string of the molecule is CCCNc1nc(-c2ccncn2)nc(C(C)C)c1I. The lowest BCUT2D eigenvalue weighted by molar-refractivity contribution is 0.806.